The van der Waals surface area contributed by atoms with Crippen molar-refractivity contribution in [2.45, 2.75) is 45.2 Å². The van der Waals surface area contributed by atoms with Gasteiger partial charge in [-0.05, 0) is 43.0 Å². The molecule has 0 saturated carbocycles. The van der Waals surface area contributed by atoms with Crippen molar-refractivity contribution in [2.75, 3.05) is 18.4 Å². The Morgan fingerprint density at radius 3 is 2.26 bits per heavy atom. The fourth-order valence-electron chi connectivity index (χ4n) is 3.98. The van der Waals surface area contributed by atoms with E-state index >= 15 is 0 Å². The number of hydrogen-bond donors (Lipinski definition) is 3. The number of benzene rings is 2. The minimum absolute atomic E-state index is 0.207. The van der Waals surface area contributed by atoms with Crippen LogP contribution < -0.4 is 10.0 Å². The van der Waals surface area contributed by atoms with Crippen molar-refractivity contribution in [1.82, 2.24) is 15.2 Å². The predicted octanol–water partition coefficient (Wildman–Crippen LogP) is 4.02. The number of thiazole rings is 1. The third-order valence-corrected chi connectivity index (χ3v) is 7.62. The molecule has 0 bridgehead atoms. The lowest BCUT2D eigenvalue weighted by atomic mass is 10.0. The van der Waals surface area contributed by atoms with Crippen molar-refractivity contribution in [2.24, 2.45) is 0 Å². The van der Waals surface area contributed by atoms with E-state index in [4.69, 9.17) is 9.29 Å². The zero-order valence-electron chi connectivity index (χ0n) is 21.5. The van der Waals surface area contributed by atoms with Crippen LogP contribution in [0.3, 0.4) is 0 Å². The molecule has 38 heavy (non-hydrogen) atoms. The van der Waals surface area contributed by atoms with Crippen molar-refractivity contribution in [1.29, 1.82) is 0 Å². The number of nitrogens with zero attached hydrogens (tertiary/aromatic N) is 2. The van der Waals surface area contributed by atoms with E-state index in [9.17, 15) is 18.0 Å². The normalized spacial score (nSPS) is 12.8. The number of hydrogen-bond acceptors (Lipinski definition) is 7. The van der Waals surface area contributed by atoms with Crippen molar-refractivity contribution in [3.63, 3.8) is 0 Å². The second kappa shape index (κ2) is 13.4. The van der Waals surface area contributed by atoms with E-state index in [2.05, 4.69) is 10.3 Å². The molecule has 3 rings (SSSR count). The van der Waals surface area contributed by atoms with Gasteiger partial charge < -0.3 is 10.1 Å². The maximum atomic E-state index is 13.7. The summed E-state index contributed by atoms with van der Waals surface area (Å²) >= 11 is 1.50. The molecule has 0 saturated heterocycles. The number of nitrogens with one attached hydrogen (secondary N) is 2. The van der Waals surface area contributed by atoms with E-state index in [0.29, 0.717) is 12.8 Å². The van der Waals surface area contributed by atoms with Gasteiger partial charge in [0.05, 0.1) is 18.8 Å². The van der Waals surface area contributed by atoms with Gasteiger partial charge in [0.2, 0.25) is 5.91 Å². The Morgan fingerprint density at radius 2 is 1.71 bits per heavy atom. The van der Waals surface area contributed by atoms with Crippen molar-refractivity contribution in [3.8, 4) is 0 Å². The van der Waals surface area contributed by atoms with Crippen molar-refractivity contribution in [3.05, 3.63) is 81.8 Å². The van der Waals surface area contributed by atoms with Gasteiger partial charge in [0, 0.05) is 24.0 Å². The number of ether oxygens (including phenoxy) is 1. The number of likely N-dealkylation sites (N-methyl/N-ethyl adjacent to an activating group) is 1. The molecule has 1 heterocycles. The Morgan fingerprint density at radius 1 is 1.05 bits per heavy atom. The summed E-state index contributed by atoms with van der Waals surface area (Å²) in [6, 6.07) is 14.6. The van der Waals surface area contributed by atoms with Crippen LogP contribution in [0, 0.1) is 0 Å². The molecule has 0 fully saturated rings. The molecule has 0 unspecified atom stereocenters. The standard InChI is InChI=1S/C26H32N4O6S2/c1-4-21-17-27-25(37-21)22(15-19-11-13-20(14-12-19)29-38(33,34)35)28-24(31)23(30(5-2)26(32)36-3)16-18-9-7-6-8-10-18/h6-14,17,22-23,29H,4-5,15-16H2,1-3H3,(H,28,31)(H,33,34,35)/t22-,23-/m0/s1. The molecule has 0 radical (unpaired) electrons. The van der Waals surface area contributed by atoms with Gasteiger partial charge in [0.1, 0.15) is 11.0 Å². The minimum Gasteiger partial charge on any atom is -0.453 e. The van der Waals surface area contributed by atoms with Crippen LogP contribution in [0.4, 0.5) is 10.5 Å². The summed E-state index contributed by atoms with van der Waals surface area (Å²) in [5.41, 5.74) is 1.92. The van der Waals surface area contributed by atoms with Gasteiger partial charge in [-0.3, -0.25) is 19.0 Å². The minimum atomic E-state index is -4.39. The number of carbonyl (C=O) groups is 2. The average Bonchev–Trinajstić information content (AvgIpc) is 3.38. The van der Waals surface area contributed by atoms with Crippen LogP contribution in [-0.2, 0) is 39.1 Å². The molecular formula is C26H32N4O6S2. The predicted molar refractivity (Wildman–Crippen MR) is 146 cm³/mol. The van der Waals surface area contributed by atoms with Crippen LogP contribution in [0.25, 0.3) is 0 Å². The van der Waals surface area contributed by atoms with Gasteiger partial charge in [-0.15, -0.1) is 11.3 Å². The molecule has 0 aliphatic heterocycles. The molecule has 3 N–H and O–H groups in total. The highest BCUT2D eigenvalue weighted by molar-refractivity contribution is 7.87. The van der Waals surface area contributed by atoms with E-state index in [-0.39, 0.29) is 18.1 Å². The first-order valence-electron chi connectivity index (χ1n) is 12.1. The molecule has 2 atom stereocenters. The van der Waals surface area contributed by atoms with Crippen LogP contribution in [0.1, 0.15) is 40.9 Å². The lowest BCUT2D eigenvalue weighted by Crippen LogP contribution is -2.51. The third kappa shape index (κ3) is 8.27. The first-order valence-corrected chi connectivity index (χ1v) is 14.4. The molecule has 0 spiro atoms. The molecule has 2 aromatic carbocycles. The van der Waals surface area contributed by atoms with Gasteiger partial charge in [0.25, 0.3) is 0 Å². The molecule has 0 aliphatic carbocycles. The SMILES string of the molecule is CCc1cnc([C@H](Cc2ccc(NS(=O)(=O)O)cc2)NC(=O)[C@H](Cc2ccccc2)N(CC)C(=O)OC)s1. The van der Waals surface area contributed by atoms with Crippen LogP contribution in [0.15, 0.2) is 60.8 Å². The van der Waals surface area contributed by atoms with Gasteiger partial charge >= 0.3 is 16.4 Å². The smallest absolute Gasteiger partial charge is 0.410 e. The van der Waals surface area contributed by atoms with Crippen molar-refractivity contribution >= 4 is 39.3 Å². The molecular weight excluding hydrogens is 528 g/mol. The van der Waals surface area contributed by atoms with Gasteiger partial charge in [0.15, 0.2) is 0 Å². The highest BCUT2D eigenvalue weighted by Crippen LogP contribution is 2.26. The Balaban J connectivity index is 1.89. The Hall–Kier alpha value is -3.48. The Kier molecular flexibility index (Phi) is 10.2. The monoisotopic (exact) mass is 560 g/mol. The van der Waals surface area contributed by atoms with E-state index < -0.39 is 28.5 Å². The molecule has 1 aromatic heterocycles. The highest BCUT2D eigenvalue weighted by Gasteiger charge is 2.32. The topological polar surface area (TPSA) is 138 Å². The lowest BCUT2D eigenvalue weighted by Gasteiger charge is -2.30. The Bertz CT molecular complexity index is 1310. The molecule has 10 nitrogen and oxygen atoms in total. The van der Waals surface area contributed by atoms with Crippen LogP contribution in [0.2, 0.25) is 0 Å². The van der Waals surface area contributed by atoms with Gasteiger partial charge in [-0.25, -0.2) is 9.78 Å². The maximum absolute atomic E-state index is 13.7. The molecule has 3 aromatic rings. The second-order valence-corrected chi connectivity index (χ2v) is 10.8. The summed E-state index contributed by atoms with van der Waals surface area (Å²) in [5.74, 6) is -0.344. The van der Waals surface area contributed by atoms with E-state index in [1.165, 1.54) is 35.5 Å². The van der Waals surface area contributed by atoms with E-state index in [1.54, 1.807) is 25.3 Å². The first kappa shape index (κ1) is 29.1. The zero-order valence-corrected chi connectivity index (χ0v) is 23.1. The molecule has 12 heteroatoms. The number of aromatic nitrogens is 1. The average molecular weight is 561 g/mol. The summed E-state index contributed by atoms with van der Waals surface area (Å²) in [4.78, 5) is 33.3. The second-order valence-electron chi connectivity index (χ2n) is 8.52. The summed E-state index contributed by atoms with van der Waals surface area (Å²) in [6.45, 7) is 4.09. The summed E-state index contributed by atoms with van der Waals surface area (Å²) in [7, 11) is -3.10. The van der Waals surface area contributed by atoms with Gasteiger partial charge in [-0.1, -0.05) is 49.4 Å². The summed E-state index contributed by atoms with van der Waals surface area (Å²) < 4.78 is 38.2. The Labute approximate surface area is 226 Å². The van der Waals surface area contributed by atoms with Crippen LogP contribution in [-0.4, -0.2) is 54.6 Å². The van der Waals surface area contributed by atoms with Crippen LogP contribution in [0.5, 0.6) is 0 Å². The number of amides is 2. The molecule has 0 aliphatic rings. The third-order valence-electron chi connectivity index (χ3n) is 5.88. The van der Waals surface area contributed by atoms with Gasteiger partial charge in [-0.2, -0.15) is 8.42 Å². The number of methoxy groups -OCH3 is 1. The van der Waals surface area contributed by atoms with E-state index in [1.807, 2.05) is 42.0 Å². The van der Waals surface area contributed by atoms with Crippen molar-refractivity contribution < 1.29 is 27.3 Å². The van der Waals surface area contributed by atoms with E-state index in [0.717, 1.165) is 27.4 Å². The largest absolute Gasteiger partial charge is 0.453 e. The molecule has 204 valence electrons. The number of rotatable bonds is 12. The van der Waals surface area contributed by atoms with Crippen LogP contribution >= 0.6 is 11.3 Å². The fraction of sp³-hybridized carbons (Fsp3) is 0.346. The summed E-state index contributed by atoms with van der Waals surface area (Å²) in [6.07, 6.45) is 2.67. The maximum Gasteiger partial charge on any atom is 0.410 e. The fourth-order valence-corrected chi connectivity index (χ4v) is 5.33. The number of anilines is 1. The highest BCUT2D eigenvalue weighted by atomic mass is 32.2. The molecule has 2 amide bonds. The number of aryl methyl sites for hydroxylation is 1. The number of carbonyl (C=O) groups excluding carboxylic acids is 2. The zero-order chi connectivity index (χ0) is 27.7. The summed E-state index contributed by atoms with van der Waals surface area (Å²) in [5, 5.41) is 3.81. The lowest BCUT2D eigenvalue weighted by molar-refractivity contribution is -0.126. The quantitative estimate of drug-likeness (QED) is 0.285. The first-order chi connectivity index (χ1) is 18.1.